The Morgan fingerprint density at radius 2 is 1.89 bits per heavy atom. The van der Waals surface area contributed by atoms with E-state index < -0.39 is 28.5 Å². The molecule has 0 atom stereocenters. The molecule has 2 aromatic rings. The van der Waals surface area contributed by atoms with Crippen LogP contribution in [0.15, 0.2) is 47.5 Å². The van der Waals surface area contributed by atoms with Gasteiger partial charge in [-0.25, -0.2) is 13.4 Å². The summed E-state index contributed by atoms with van der Waals surface area (Å²) in [6.07, 6.45) is -2.86. The molecule has 0 spiro atoms. The molecule has 0 radical (unpaired) electrons. The third-order valence-electron chi connectivity index (χ3n) is 3.60. The Bertz CT molecular complexity index is 930. The molecule has 0 unspecified atom stereocenters. The van der Waals surface area contributed by atoms with E-state index in [1.807, 2.05) is 0 Å². The Kier molecular flexibility index (Phi) is 7.00. The third-order valence-corrected chi connectivity index (χ3v) is 5.57. The average molecular weight is 416 g/mol. The minimum absolute atomic E-state index is 0.0300. The number of sulfone groups is 1. The second-order valence-corrected chi connectivity index (χ2v) is 7.95. The molecule has 0 aliphatic heterocycles. The highest BCUT2D eigenvalue weighted by Gasteiger charge is 2.29. The van der Waals surface area contributed by atoms with Gasteiger partial charge in [-0.05, 0) is 24.6 Å². The van der Waals surface area contributed by atoms with Crippen molar-refractivity contribution in [3.05, 3.63) is 53.7 Å². The Hall–Kier alpha value is -2.62. The summed E-state index contributed by atoms with van der Waals surface area (Å²) in [7, 11) is -3.62. The zero-order valence-electron chi connectivity index (χ0n) is 15.0. The van der Waals surface area contributed by atoms with E-state index in [2.05, 4.69) is 15.0 Å². The van der Waals surface area contributed by atoms with Gasteiger partial charge in [-0.2, -0.15) is 13.2 Å². The first-order valence-corrected chi connectivity index (χ1v) is 10.0. The molecular formula is C18H19F3N2O4S. The number of nitrogens with one attached hydrogen (secondary N) is 1. The highest BCUT2D eigenvalue weighted by molar-refractivity contribution is 7.91. The molecule has 6 nitrogen and oxygen atoms in total. The van der Waals surface area contributed by atoms with Crippen molar-refractivity contribution >= 4 is 15.7 Å². The first kappa shape index (κ1) is 21.7. The van der Waals surface area contributed by atoms with Gasteiger partial charge in [0.05, 0.1) is 16.2 Å². The van der Waals surface area contributed by atoms with E-state index in [9.17, 15) is 26.4 Å². The van der Waals surface area contributed by atoms with Gasteiger partial charge in [-0.15, -0.1) is 0 Å². The maximum atomic E-state index is 12.5. The zero-order chi connectivity index (χ0) is 20.8. The van der Waals surface area contributed by atoms with Crippen LogP contribution in [0, 0.1) is 0 Å². The lowest BCUT2D eigenvalue weighted by atomic mass is 10.2. The van der Waals surface area contributed by atoms with Gasteiger partial charge in [0.1, 0.15) is 0 Å². The normalized spacial score (nSPS) is 11.9. The molecule has 1 amide bonds. The molecule has 0 bridgehead atoms. The number of carbonyl (C=O) groups is 1. The summed E-state index contributed by atoms with van der Waals surface area (Å²) in [5.41, 5.74) is 0.201. The predicted molar refractivity (Wildman–Crippen MR) is 95.7 cm³/mol. The Morgan fingerprint density at radius 3 is 2.57 bits per heavy atom. The molecule has 10 heteroatoms. The summed E-state index contributed by atoms with van der Waals surface area (Å²) < 4.78 is 66.4. The largest absolute Gasteiger partial charge is 0.468 e. The van der Waals surface area contributed by atoms with Gasteiger partial charge in [0.15, 0.2) is 16.4 Å². The van der Waals surface area contributed by atoms with Crippen molar-refractivity contribution in [2.45, 2.75) is 31.0 Å². The minimum atomic E-state index is -4.52. The van der Waals surface area contributed by atoms with Crippen molar-refractivity contribution in [1.82, 2.24) is 10.3 Å². The van der Waals surface area contributed by atoms with Crippen LogP contribution in [-0.4, -0.2) is 37.8 Å². The summed E-state index contributed by atoms with van der Waals surface area (Å²) >= 11 is 0. The molecule has 0 saturated heterocycles. The van der Waals surface area contributed by atoms with Gasteiger partial charge < -0.3 is 10.1 Å². The van der Waals surface area contributed by atoms with Gasteiger partial charge >= 0.3 is 6.18 Å². The number of carbonyl (C=O) groups excluding carboxylic acids is 1. The molecule has 1 aromatic heterocycles. The number of hydrogen-bond acceptors (Lipinski definition) is 5. The number of alkyl halides is 3. The van der Waals surface area contributed by atoms with E-state index in [0.29, 0.717) is 6.42 Å². The summed E-state index contributed by atoms with van der Waals surface area (Å²) in [5.74, 6) is -1.03. The number of ether oxygens (including phenoxy) is 1. The molecule has 0 fully saturated rings. The van der Waals surface area contributed by atoms with Crippen molar-refractivity contribution < 1.29 is 31.1 Å². The number of hydrogen-bond donors (Lipinski definition) is 1. The molecule has 1 heterocycles. The van der Waals surface area contributed by atoms with Crippen LogP contribution in [0.5, 0.6) is 5.88 Å². The molecule has 152 valence electrons. The zero-order valence-corrected chi connectivity index (χ0v) is 15.8. The van der Waals surface area contributed by atoms with Crippen molar-refractivity contribution in [3.8, 4) is 5.88 Å². The first-order chi connectivity index (χ1) is 13.1. The quantitative estimate of drug-likeness (QED) is 0.715. The molecule has 0 aliphatic carbocycles. The predicted octanol–water partition coefficient (Wildman–Crippen LogP) is 3.14. The summed E-state index contributed by atoms with van der Waals surface area (Å²) in [6, 6.07) is 8.72. The van der Waals surface area contributed by atoms with Crippen LogP contribution in [0.2, 0.25) is 0 Å². The Morgan fingerprint density at radius 1 is 1.18 bits per heavy atom. The van der Waals surface area contributed by atoms with Crippen molar-refractivity contribution in [3.63, 3.8) is 0 Å². The van der Waals surface area contributed by atoms with Crippen molar-refractivity contribution in [2.24, 2.45) is 0 Å². The second-order valence-electron chi connectivity index (χ2n) is 5.87. The molecule has 0 aliphatic rings. The van der Waals surface area contributed by atoms with Gasteiger partial charge in [0, 0.05) is 18.3 Å². The van der Waals surface area contributed by atoms with Gasteiger partial charge in [-0.1, -0.05) is 25.1 Å². The van der Waals surface area contributed by atoms with Crippen molar-refractivity contribution in [2.75, 3.05) is 12.4 Å². The average Bonchev–Trinajstić information content (AvgIpc) is 2.64. The second kappa shape index (κ2) is 9.05. The topological polar surface area (TPSA) is 85.4 Å². The van der Waals surface area contributed by atoms with E-state index in [-0.39, 0.29) is 34.2 Å². The van der Waals surface area contributed by atoms with E-state index in [0.717, 1.165) is 0 Å². The standard InChI is InChI=1S/C18H19F3N2O4S/c1-2-10-28(25,26)15-8-4-3-7-14(15)16(24)23-11-13-6-5-9-22-17(13)27-12-18(19,20)21/h3-9H,2,10-12H2,1H3,(H,23,24). The summed E-state index contributed by atoms with van der Waals surface area (Å²) in [6.45, 7) is 0.0240. The van der Waals surface area contributed by atoms with Crippen LogP contribution in [0.4, 0.5) is 13.2 Å². The minimum Gasteiger partial charge on any atom is -0.468 e. The number of rotatable bonds is 8. The van der Waals surface area contributed by atoms with E-state index in [1.165, 1.54) is 42.6 Å². The van der Waals surface area contributed by atoms with E-state index >= 15 is 0 Å². The fourth-order valence-electron chi connectivity index (χ4n) is 2.41. The lowest BCUT2D eigenvalue weighted by Crippen LogP contribution is -2.26. The Labute approximate surface area is 160 Å². The molecule has 1 N–H and O–H groups in total. The summed E-state index contributed by atoms with van der Waals surface area (Å²) in [5, 5.41) is 2.50. The third kappa shape index (κ3) is 5.95. The lowest BCUT2D eigenvalue weighted by Gasteiger charge is -2.13. The molecular weight excluding hydrogens is 397 g/mol. The molecule has 1 aromatic carbocycles. The molecule has 0 saturated carbocycles. The van der Waals surface area contributed by atoms with Gasteiger partial charge in [-0.3, -0.25) is 4.79 Å². The highest BCUT2D eigenvalue weighted by atomic mass is 32.2. The molecule has 2 rings (SSSR count). The fraction of sp³-hybridized carbons (Fsp3) is 0.333. The Balaban J connectivity index is 2.16. The maximum absolute atomic E-state index is 12.5. The summed E-state index contributed by atoms with van der Waals surface area (Å²) in [4.78, 5) is 16.2. The fourth-order valence-corrected chi connectivity index (χ4v) is 3.95. The number of nitrogens with zero attached hydrogens (tertiary/aromatic N) is 1. The van der Waals surface area contributed by atoms with Crippen LogP contribution in [-0.2, 0) is 16.4 Å². The van der Waals surface area contributed by atoms with Crippen LogP contribution in [0.3, 0.4) is 0 Å². The van der Waals surface area contributed by atoms with Crippen LogP contribution < -0.4 is 10.1 Å². The number of halogens is 3. The highest BCUT2D eigenvalue weighted by Crippen LogP contribution is 2.21. The monoisotopic (exact) mass is 416 g/mol. The number of amides is 1. The number of pyridine rings is 1. The first-order valence-electron chi connectivity index (χ1n) is 8.37. The smallest absolute Gasteiger partial charge is 0.422 e. The van der Waals surface area contributed by atoms with Gasteiger partial charge in [0.2, 0.25) is 5.88 Å². The van der Waals surface area contributed by atoms with Crippen LogP contribution in [0.25, 0.3) is 0 Å². The lowest BCUT2D eigenvalue weighted by molar-refractivity contribution is -0.154. The maximum Gasteiger partial charge on any atom is 0.422 e. The number of aromatic nitrogens is 1. The SMILES string of the molecule is CCCS(=O)(=O)c1ccccc1C(=O)NCc1cccnc1OCC(F)(F)F. The van der Waals surface area contributed by atoms with Gasteiger partial charge in [0.25, 0.3) is 5.91 Å². The van der Waals surface area contributed by atoms with E-state index in [1.54, 1.807) is 6.92 Å². The van der Waals surface area contributed by atoms with Crippen molar-refractivity contribution in [1.29, 1.82) is 0 Å². The van der Waals surface area contributed by atoms with Crippen LogP contribution >= 0.6 is 0 Å². The van der Waals surface area contributed by atoms with Crippen LogP contribution in [0.1, 0.15) is 29.3 Å². The van der Waals surface area contributed by atoms with E-state index in [4.69, 9.17) is 0 Å². The number of benzene rings is 1. The molecule has 28 heavy (non-hydrogen) atoms.